The zero-order valence-corrected chi connectivity index (χ0v) is 12.4. The van der Waals surface area contributed by atoms with Crippen molar-refractivity contribution in [3.05, 3.63) is 71.8 Å². The molecule has 83 valence electrons. The second-order valence-corrected chi connectivity index (χ2v) is 3.90. The molecule has 0 unspecified atom stereocenters. The maximum Gasteiger partial charge on any atom is 0.0205 e. The van der Waals surface area contributed by atoms with E-state index < -0.39 is 0 Å². The Morgan fingerprint density at radius 2 is 1.24 bits per heavy atom. The maximum atomic E-state index is 3.45. The van der Waals surface area contributed by atoms with Crippen molar-refractivity contribution in [1.82, 2.24) is 5.32 Å². The first-order valence-corrected chi connectivity index (χ1v) is 5.74. The summed E-state index contributed by atoms with van der Waals surface area (Å²) >= 11 is 0. The summed E-state index contributed by atoms with van der Waals surface area (Å²) in [5, 5.41) is 3.45. The summed E-state index contributed by atoms with van der Waals surface area (Å²) in [6.45, 7) is 1.98. The summed E-state index contributed by atoms with van der Waals surface area (Å²) in [5.41, 5.74) is 2.73. The van der Waals surface area contributed by atoms with Crippen LogP contribution in [0.4, 0.5) is 0 Å². The van der Waals surface area contributed by atoms with E-state index in [4.69, 9.17) is 0 Å². The van der Waals surface area contributed by atoms with Crippen molar-refractivity contribution in [3.63, 3.8) is 0 Å². The Balaban J connectivity index is 0.00000144. The topological polar surface area (TPSA) is 12.0 Å². The van der Waals surface area contributed by atoms with Gasteiger partial charge in [0.15, 0.2) is 0 Å². The van der Waals surface area contributed by atoms with Gasteiger partial charge in [0, 0.05) is 36.1 Å². The zero-order chi connectivity index (χ0) is 11.1. The second-order valence-electron chi connectivity index (χ2n) is 3.90. The predicted molar refractivity (Wildman–Crippen MR) is 74.0 cm³/mol. The van der Waals surface area contributed by atoms with Crippen LogP contribution < -0.4 is 5.32 Å². The molecule has 0 aliphatic rings. The number of benzene rings is 2. The third-order valence-corrected chi connectivity index (χ3v) is 2.61. The van der Waals surface area contributed by atoms with Gasteiger partial charge in [-0.3, -0.25) is 0 Å². The number of hydrogen-bond donors (Lipinski definition) is 1. The minimum absolute atomic E-state index is 0. The number of hydrogen-bond acceptors (Lipinski definition) is 1. The molecule has 2 aromatic rings. The number of rotatable bonds is 5. The third kappa shape index (κ3) is 5.51. The molecule has 0 bridgehead atoms. The van der Waals surface area contributed by atoms with E-state index in [-0.39, 0.29) is 29.6 Å². The van der Waals surface area contributed by atoms with Gasteiger partial charge in [0.1, 0.15) is 0 Å². The Labute approximate surface area is 126 Å². The Kier molecular flexibility index (Phi) is 7.22. The fourth-order valence-electron chi connectivity index (χ4n) is 1.71. The van der Waals surface area contributed by atoms with Gasteiger partial charge in [0.25, 0.3) is 0 Å². The molecule has 0 aliphatic heterocycles. The van der Waals surface area contributed by atoms with Crippen LogP contribution in [0.2, 0.25) is 0 Å². The van der Waals surface area contributed by atoms with Crippen LogP contribution in [0, 0.1) is 0 Å². The van der Waals surface area contributed by atoms with Crippen molar-refractivity contribution >= 4 is 29.6 Å². The van der Waals surface area contributed by atoms with Gasteiger partial charge in [-0.15, -0.1) is 0 Å². The standard InChI is InChI=1S/C15H17N.Na/c1-3-7-14(8-4-1)11-12-16-13-15-9-5-2-6-10-15;/h1-10,16H,11-13H2;. The number of nitrogens with one attached hydrogen (secondary N) is 1. The molecular weight excluding hydrogens is 217 g/mol. The molecule has 0 aliphatic carbocycles. The van der Waals surface area contributed by atoms with Gasteiger partial charge < -0.3 is 5.32 Å². The quantitative estimate of drug-likeness (QED) is 0.619. The van der Waals surface area contributed by atoms with E-state index in [0.29, 0.717) is 0 Å². The van der Waals surface area contributed by atoms with E-state index in [1.807, 2.05) is 6.07 Å². The molecule has 0 amide bonds. The fourth-order valence-corrected chi connectivity index (χ4v) is 1.71. The molecule has 0 fully saturated rings. The van der Waals surface area contributed by atoms with E-state index in [1.165, 1.54) is 11.1 Å². The van der Waals surface area contributed by atoms with Crippen LogP contribution in [0.25, 0.3) is 0 Å². The summed E-state index contributed by atoms with van der Waals surface area (Å²) in [4.78, 5) is 0. The third-order valence-electron chi connectivity index (χ3n) is 2.61. The molecular formula is C15H17NNa. The van der Waals surface area contributed by atoms with Crippen molar-refractivity contribution in [3.8, 4) is 0 Å². The van der Waals surface area contributed by atoms with Crippen LogP contribution in [0.1, 0.15) is 11.1 Å². The molecule has 1 radical (unpaired) electrons. The maximum absolute atomic E-state index is 3.45. The monoisotopic (exact) mass is 234 g/mol. The van der Waals surface area contributed by atoms with E-state index in [1.54, 1.807) is 0 Å². The van der Waals surface area contributed by atoms with Gasteiger partial charge in [-0.2, -0.15) is 0 Å². The molecule has 1 nitrogen and oxygen atoms in total. The molecule has 0 saturated heterocycles. The van der Waals surface area contributed by atoms with Crippen molar-refractivity contribution in [2.75, 3.05) is 6.54 Å². The summed E-state index contributed by atoms with van der Waals surface area (Å²) in [7, 11) is 0. The molecule has 1 N–H and O–H groups in total. The smallest absolute Gasteiger partial charge is 0.0205 e. The average molecular weight is 234 g/mol. The largest absolute Gasteiger partial charge is 0.312 e. The van der Waals surface area contributed by atoms with Crippen molar-refractivity contribution < 1.29 is 0 Å². The predicted octanol–water partition coefficient (Wildman–Crippen LogP) is 2.64. The van der Waals surface area contributed by atoms with E-state index >= 15 is 0 Å². The van der Waals surface area contributed by atoms with Crippen LogP contribution in [0.3, 0.4) is 0 Å². The molecule has 2 rings (SSSR count). The van der Waals surface area contributed by atoms with Crippen LogP contribution >= 0.6 is 0 Å². The Bertz CT molecular complexity index is 358. The van der Waals surface area contributed by atoms with E-state index in [9.17, 15) is 0 Å². The van der Waals surface area contributed by atoms with Crippen LogP contribution in [0.5, 0.6) is 0 Å². The molecule has 0 aromatic heterocycles. The molecule has 0 atom stereocenters. The van der Waals surface area contributed by atoms with Crippen molar-refractivity contribution in [2.24, 2.45) is 0 Å². The van der Waals surface area contributed by atoms with Crippen LogP contribution in [-0.4, -0.2) is 36.1 Å². The first-order valence-electron chi connectivity index (χ1n) is 5.74. The van der Waals surface area contributed by atoms with Gasteiger partial charge in [-0.1, -0.05) is 60.7 Å². The van der Waals surface area contributed by atoms with Crippen LogP contribution in [0.15, 0.2) is 60.7 Å². The molecule has 0 heterocycles. The van der Waals surface area contributed by atoms with Gasteiger partial charge in [0.2, 0.25) is 0 Å². The minimum atomic E-state index is 0. The molecule has 2 aromatic carbocycles. The molecule has 0 saturated carbocycles. The first kappa shape index (κ1) is 14.5. The normalized spacial score (nSPS) is 9.65. The average Bonchev–Trinajstić information content (AvgIpc) is 2.37. The molecule has 17 heavy (non-hydrogen) atoms. The molecule has 0 spiro atoms. The van der Waals surface area contributed by atoms with Crippen molar-refractivity contribution in [1.29, 1.82) is 0 Å². The Morgan fingerprint density at radius 3 is 1.82 bits per heavy atom. The van der Waals surface area contributed by atoms with E-state index in [0.717, 1.165) is 19.5 Å². The fraction of sp³-hybridized carbons (Fsp3) is 0.200. The van der Waals surface area contributed by atoms with Crippen molar-refractivity contribution in [2.45, 2.75) is 13.0 Å². The van der Waals surface area contributed by atoms with Crippen LogP contribution in [-0.2, 0) is 13.0 Å². The molecule has 2 heteroatoms. The van der Waals surface area contributed by atoms with Gasteiger partial charge >= 0.3 is 0 Å². The second kappa shape index (κ2) is 8.48. The Morgan fingerprint density at radius 1 is 0.706 bits per heavy atom. The summed E-state index contributed by atoms with van der Waals surface area (Å²) < 4.78 is 0. The van der Waals surface area contributed by atoms with Gasteiger partial charge in [-0.05, 0) is 24.1 Å². The van der Waals surface area contributed by atoms with Gasteiger partial charge in [0.05, 0.1) is 0 Å². The minimum Gasteiger partial charge on any atom is -0.312 e. The van der Waals surface area contributed by atoms with E-state index in [2.05, 4.69) is 59.9 Å². The van der Waals surface area contributed by atoms with Gasteiger partial charge in [-0.25, -0.2) is 0 Å². The summed E-state index contributed by atoms with van der Waals surface area (Å²) in [5.74, 6) is 0. The summed E-state index contributed by atoms with van der Waals surface area (Å²) in [6, 6.07) is 21.1. The Hall–Kier alpha value is -0.600. The SMILES string of the molecule is [Na].c1ccc(CCNCc2ccccc2)cc1. The first-order chi connectivity index (χ1) is 7.95. The summed E-state index contributed by atoms with van der Waals surface area (Å²) in [6.07, 6.45) is 1.09. The zero-order valence-electron chi connectivity index (χ0n) is 10.4.